The number of aromatic nitrogens is 2. The van der Waals surface area contributed by atoms with E-state index in [0.29, 0.717) is 48.8 Å². The first-order valence-electron chi connectivity index (χ1n) is 8.85. The number of hydrogen-bond acceptors (Lipinski definition) is 4. The van der Waals surface area contributed by atoms with E-state index in [9.17, 15) is 13.6 Å². The number of benzene rings is 2. The summed E-state index contributed by atoms with van der Waals surface area (Å²) in [4.78, 5) is 18.7. The minimum atomic E-state index is -0.551. The predicted octanol–water partition coefficient (Wildman–Crippen LogP) is 4.69. The minimum absolute atomic E-state index is 0.0440. The molecule has 144 valence electrons. The summed E-state index contributed by atoms with van der Waals surface area (Å²) in [5.41, 5.74) is 1.04. The van der Waals surface area contributed by atoms with Gasteiger partial charge in [0.25, 0.3) is 5.91 Å². The number of piperidine rings is 1. The van der Waals surface area contributed by atoms with Crippen LogP contribution in [0.15, 0.2) is 47.0 Å². The molecular formula is C20H16ClF2N3O2. The zero-order valence-electron chi connectivity index (χ0n) is 14.7. The molecule has 1 fully saturated rings. The lowest BCUT2D eigenvalue weighted by atomic mass is 9.96. The van der Waals surface area contributed by atoms with Gasteiger partial charge in [0.15, 0.2) is 0 Å². The van der Waals surface area contributed by atoms with Gasteiger partial charge >= 0.3 is 0 Å². The molecular weight excluding hydrogens is 388 g/mol. The smallest absolute Gasteiger partial charge is 0.253 e. The van der Waals surface area contributed by atoms with Crippen molar-refractivity contribution in [2.24, 2.45) is 0 Å². The van der Waals surface area contributed by atoms with Gasteiger partial charge in [-0.15, -0.1) is 0 Å². The maximum Gasteiger partial charge on any atom is 0.253 e. The van der Waals surface area contributed by atoms with E-state index in [2.05, 4.69) is 10.1 Å². The molecule has 2 heterocycles. The molecule has 0 saturated carbocycles. The van der Waals surface area contributed by atoms with E-state index in [0.717, 1.165) is 0 Å². The Morgan fingerprint density at radius 2 is 1.82 bits per heavy atom. The van der Waals surface area contributed by atoms with Crippen LogP contribution in [0.3, 0.4) is 0 Å². The van der Waals surface area contributed by atoms with Gasteiger partial charge in [0, 0.05) is 30.1 Å². The van der Waals surface area contributed by atoms with E-state index < -0.39 is 5.82 Å². The molecule has 5 nitrogen and oxygen atoms in total. The molecule has 8 heteroatoms. The van der Waals surface area contributed by atoms with Crippen LogP contribution >= 0.6 is 11.6 Å². The summed E-state index contributed by atoms with van der Waals surface area (Å²) in [5.74, 6) is -0.0941. The van der Waals surface area contributed by atoms with Crippen LogP contribution in [0, 0.1) is 11.6 Å². The van der Waals surface area contributed by atoms with Crippen molar-refractivity contribution >= 4 is 17.5 Å². The van der Waals surface area contributed by atoms with Gasteiger partial charge in [0.2, 0.25) is 11.7 Å². The summed E-state index contributed by atoms with van der Waals surface area (Å²) in [6.45, 7) is 1.04. The number of hydrogen-bond donors (Lipinski definition) is 0. The van der Waals surface area contributed by atoms with Crippen LogP contribution in [0.25, 0.3) is 11.4 Å². The Morgan fingerprint density at radius 1 is 1.11 bits per heavy atom. The Bertz CT molecular complexity index is 999. The molecule has 1 saturated heterocycles. The third kappa shape index (κ3) is 3.75. The Balaban J connectivity index is 1.41. The van der Waals surface area contributed by atoms with Gasteiger partial charge < -0.3 is 9.42 Å². The number of carbonyl (C=O) groups excluding carboxylic acids is 1. The highest BCUT2D eigenvalue weighted by molar-refractivity contribution is 6.31. The van der Waals surface area contributed by atoms with Crippen molar-refractivity contribution in [3.05, 3.63) is 70.6 Å². The molecule has 1 aliphatic rings. The number of rotatable bonds is 3. The molecule has 1 aliphatic heterocycles. The van der Waals surface area contributed by atoms with Crippen molar-refractivity contribution < 1.29 is 18.1 Å². The average Bonchev–Trinajstić information content (AvgIpc) is 3.20. The van der Waals surface area contributed by atoms with Crippen molar-refractivity contribution in [2.45, 2.75) is 18.8 Å². The normalized spacial score (nSPS) is 15.0. The Morgan fingerprint density at radius 3 is 2.50 bits per heavy atom. The molecule has 4 rings (SSSR count). The lowest BCUT2D eigenvalue weighted by molar-refractivity contribution is 0.0704. The van der Waals surface area contributed by atoms with E-state index in [1.54, 1.807) is 17.0 Å². The Kier molecular flexibility index (Phi) is 5.09. The molecule has 28 heavy (non-hydrogen) atoms. The topological polar surface area (TPSA) is 59.2 Å². The summed E-state index contributed by atoms with van der Waals surface area (Å²) in [7, 11) is 0. The second-order valence-corrected chi connectivity index (χ2v) is 7.07. The zero-order chi connectivity index (χ0) is 19.7. The molecule has 1 amide bonds. The number of halogens is 3. The maximum absolute atomic E-state index is 13.3. The van der Waals surface area contributed by atoms with Crippen molar-refractivity contribution in [3.63, 3.8) is 0 Å². The predicted molar refractivity (Wildman–Crippen MR) is 99.0 cm³/mol. The van der Waals surface area contributed by atoms with Crippen LogP contribution in [-0.4, -0.2) is 34.0 Å². The molecule has 0 aliphatic carbocycles. The van der Waals surface area contributed by atoms with E-state index in [1.165, 1.54) is 30.3 Å². The van der Waals surface area contributed by atoms with Gasteiger partial charge in [0.1, 0.15) is 11.6 Å². The minimum Gasteiger partial charge on any atom is -0.339 e. The molecule has 2 aromatic carbocycles. The molecule has 0 N–H and O–H groups in total. The van der Waals surface area contributed by atoms with Gasteiger partial charge in [-0.1, -0.05) is 16.8 Å². The molecule has 0 spiro atoms. The highest BCUT2D eigenvalue weighted by Gasteiger charge is 2.28. The van der Waals surface area contributed by atoms with Crippen LogP contribution < -0.4 is 0 Å². The van der Waals surface area contributed by atoms with Crippen molar-refractivity contribution in [1.82, 2.24) is 15.0 Å². The van der Waals surface area contributed by atoms with Crippen molar-refractivity contribution in [1.29, 1.82) is 0 Å². The molecule has 0 radical (unpaired) electrons. The van der Waals surface area contributed by atoms with Gasteiger partial charge in [-0.05, 0) is 55.3 Å². The number of nitrogens with zero attached hydrogens (tertiary/aromatic N) is 3. The molecule has 0 bridgehead atoms. The van der Waals surface area contributed by atoms with Crippen molar-refractivity contribution in [2.75, 3.05) is 13.1 Å². The molecule has 0 atom stereocenters. The monoisotopic (exact) mass is 403 g/mol. The van der Waals surface area contributed by atoms with Crippen LogP contribution in [0.5, 0.6) is 0 Å². The van der Waals surface area contributed by atoms with Crippen LogP contribution in [0.2, 0.25) is 5.02 Å². The third-order valence-corrected chi connectivity index (χ3v) is 5.13. The van der Waals surface area contributed by atoms with Gasteiger partial charge in [-0.25, -0.2) is 8.78 Å². The van der Waals surface area contributed by atoms with Gasteiger partial charge in [-0.2, -0.15) is 4.98 Å². The Labute approximate surface area is 164 Å². The number of carbonyl (C=O) groups is 1. The first-order valence-corrected chi connectivity index (χ1v) is 9.23. The first-order chi connectivity index (χ1) is 13.5. The van der Waals surface area contributed by atoms with Crippen LogP contribution in [-0.2, 0) is 0 Å². The highest BCUT2D eigenvalue weighted by atomic mass is 35.5. The molecule has 0 unspecified atom stereocenters. The van der Waals surface area contributed by atoms with Crippen LogP contribution in [0.1, 0.15) is 35.0 Å². The lowest BCUT2D eigenvalue weighted by Gasteiger charge is -2.30. The largest absolute Gasteiger partial charge is 0.339 e. The highest BCUT2D eigenvalue weighted by Crippen LogP contribution is 2.29. The maximum atomic E-state index is 13.3. The molecule has 1 aromatic heterocycles. The van der Waals surface area contributed by atoms with E-state index in [1.807, 2.05) is 0 Å². The molecule has 3 aromatic rings. The van der Waals surface area contributed by atoms with E-state index >= 15 is 0 Å². The Hall–Kier alpha value is -2.80. The summed E-state index contributed by atoms with van der Waals surface area (Å²) >= 11 is 5.77. The summed E-state index contributed by atoms with van der Waals surface area (Å²) in [6.07, 6.45) is 1.34. The average molecular weight is 404 g/mol. The standard InChI is InChI=1S/C20H16ClF2N3O2/c21-16-11-14(3-6-17(16)23)20(27)26-9-7-13(8-10-26)19-24-18(25-28-19)12-1-4-15(22)5-2-12/h1-6,11,13H,7-10H2. The first kappa shape index (κ1) is 18.6. The fourth-order valence-electron chi connectivity index (χ4n) is 3.26. The summed E-state index contributed by atoms with van der Waals surface area (Å²) in [6, 6.07) is 9.85. The summed E-state index contributed by atoms with van der Waals surface area (Å²) < 4.78 is 31.7. The fourth-order valence-corrected chi connectivity index (χ4v) is 3.44. The van der Waals surface area contributed by atoms with Gasteiger partial charge in [-0.3, -0.25) is 4.79 Å². The second kappa shape index (κ2) is 7.67. The number of amides is 1. The number of likely N-dealkylation sites (tertiary alicyclic amines) is 1. The van der Waals surface area contributed by atoms with E-state index in [-0.39, 0.29) is 22.7 Å². The van der Waals surface area contributed by atoms with E-state index in [4.69, 9.17) is 16.1 Å². The second-order valence-electron chi connectivity index (χ2n) is 6.66. The fraction of sp³-hybridized carbons (Fsp3) is 0.250. The van der Waals surface area contributed by atoms with Gasteiger partial charge in [0.05, 0.1) is 5.02 Å². The summed E-state index contributed by atoms with van der Waals surface area (Å²) in [5, 5.41) is 3.90. The van der Waals surface area contributed by atoms with Crippen molar-refractivity contribution in [3.8, 4) is 11.4 Å². The lowest BCUT2D eigenvalue weighted by Crippen LogP contribution is -2.38. The quantitative estimate of drug-likeness (QED) is 0.636. The zero-order valence-corrected chi connectivity index (χ0v) is 15.5. The third-order valence-electron chi connectivity index (χ3n) is 4.84. The van der Waals surface area contributed by atoms with Crippen LogP contribution in [0.4, 0.5) is 8.78 Å². The SMILES string of the molecule is O=C(c1ccc(F)c(Cl)c1)N1CCC(c2nc(-c3ccc(F)cc3)no2)CC1.